The van der Waals surface area contributed by atoms with Crippen molar-refractivity contribution in [2.24, 2.45) is 0 Å². The molecular formula is C59H37N5. The van der Waals surface area contributed by atoms with Gasteiger partial charge in [0, 0.05) is 73.1 Å². The van der Waals surface area contributed by atoms with E-state index in [2.05, 4.69) is 197 Å². The van der Waals surface area contributed by atoms with E-state index in [1.165, 1.54) is 43.7 Å². The van der Waals surface area contributed by atoms with Crippen molar-refractivity contribution in [1.29, 1.82) is 0 Å². The summed E-state index contributed by atoms with van der Waals surface area (Å²) in [6.45, 7) is 0. The van der Waals surface area contributed by atoms with Crippen molar-refractivity contribution in [2.75, 3.05) is 4.90 Å². The van der Waals surface area contributed by atoms with E-state index in [9.17, 15) is 0 Å². The lowest BCUT2D eigenvalue weighted by Gasteiger charge is -2.26. The molecule has 0 saturated carbocycles. The summed E-state index contributed by atoms with van der Waals surface area (Å²) in [7, 11) is 0. The van der Waals surface area contributed by atoms with Crippen LogP contribution >= 0.6 is 0 Å². The molecule has 0 amide bonds. The molecule has 0 aliphatic carbocycles. The first-order chi connectivity index (χ1) is 31.7. The van der Waals surface area contributed by atoms with E-state index < -0.39 is 0 Å². The molecule has 13 rings (SSSR count). The van der Waals surface area contributed by atoms with E-state index in [1.807, 2.05) is 36.7 Å². The third kappa shape index (κ3) is 5.83. The van der Waals surface area contributed by atoms with E-state index in [-0.39, 0.29) is 0 Å². The van der Waals surface area contributed by atoms with Crippen LogP contribution in [0, 0.1) is 0 Å². The van der Waals surface area contributed by atoms with Gasteiger partial charge in [0.15, 0.2) is 0 Å². The third-order valence-corrected chi connectivity index (χ3v) is 12.8. The molecular weight excluding hydrogens is 779 g/mol. The molecule has 0 N–H and O–H groups in total. The summed E-state index contributed by atoms with van der Waals surface area (Å²) in [5, 5.41) is 6.28. The van der Waals surface area contributed by atoms with Gasteiger partial charge in [-0.2, -0.15) is 0 Å². The number of para-hydroxylation sites is 3. The van der Waals surface area contributed by atoms with E-state index in [4.69, 9.17) is 15.0 Å². The van der Waals surface area contributed by atoms with Crippen LogP contribution in [0.25, 0.3) is 105 Å². The van der Waals surface area contributed by atoms with E-state index in [0.29, 0.717) is 0 Å². The first-order valence-electron chi connectivity index (χ1n) is 21.7. The highest BCUT2D eigenvalue weighted by Crippen LogP contribution is 2.42. The Hall–Kier alpha value is -8.67. The number of fused-ring (bicyclic) bond motifs is 8. The number of hydrogen-bond donors (Lipinski definition) is 0. The van der Waals surface area contributed by atoms with Gasteiger partial charge < -0.3 is 9.30 Å². The zero-order chi connectivity index (χ0) is 42.1. The van der Waals surface area contributed by atoms with Gasteiger partial charge in [-0.1, -0.05) is 133 Å². The lowest BCUT2D eigenvalue weighted by atomic mass is 10.0. The number of aromatic nitrogens is 4. The van der Waals surface area contributed by atoms with Gasteiger partial charge in [0.2, 0.25) is 0 Å². The van der Waals surface area contributed by atoms with E-state index >= 15 is 0 Å². The standard InChI is InChI=1S/C59H37N5/c1-2-10-40(11-3-1)52-36-55(62-54-17-9-33-60-58(52)54)41-23-30-47(31-24-41)63(46-28-21-39(22-29-46)44-34-43-12-4-6-16-53(43)61-37-44)45-26-19-38(20-27-45)42-25-32-49-51-15-8-14-50-48-13-5-7-18-56(48)64(59(50)51)57(49)35-42/h1-37H. The minimum Gasteiger partial charge on any atom is -0.311 e. The minimum absolute atomic E-state index is 0.870. The predicted molar refractivity (Wildman–Crippen MR) is 266 cm³/mol. The van der Waals surface area contributed by atoms with Crippen LogP contribution < -0.4 is 4.90 Å². The van der Waals surface area contributed by atoms with Gasteiger partial charge in [-0.15, -0.1) is 0 Å². The van der Waals surface area contributed by atoms with Crippen LogP contribution in [0.15, 0.2) is 225 Å². The molecule has 0 atom stereocenters. The van der Waals surface area contributed by atoms with Gasteiger partial charge in [0.1, 0.15) is 0 Å². The smallest absolute Gasteiger partial charge is 0.0965 e. The van der Waals surface area contributed by atoms with E-state index in [0.717, 1.165) is 78.1 Å². The first kappa shape index (κ1) is 36.0. The molecule has 8 aromatic carbocycles. The van der Waals surface area contributed by atoms with Crippen molar-refractivity contribution in [3.8, 4) is 44.6 Å². The molecule has 0 bridgehead atoms. The van der Waals surface area contributed by atoms with Crippen LogP contribution in [0.2, 0.25) is 0 Å². The van der Waals surface area contributed by atoms with Crippen LogP contribution in [0.1, 0.15) is 0 Å². The van der Waals surface area contributed by atoms with Gasteiger partial charge in [-0.05, 0) is 101 Å². The molecule has 5 nitrogen and oxygen atoms in total. The highest BCUT2D eigenvalue weighted by atomic mass is 15.1. The second-order valence-corrected chi connectivity index (χ2v) is 16.5. The van der Waals surface area contributed by atoms with Crippen LogP contribution in [0.4, 0.5) is 17.1 Å². The molecule has 298 valence electrons. The van der Waals surface area contributed by atoms with Gasteiger partial charge in [-0.25, -0.2) is 4.98 Å². The summed E-state index contributed by atoms with van der Waals surface area (Å²) < 4.78 is 2.45. The molecule has 64 heavy (non-hydrogen) atoms. The maximum atomic E-state index is 5.09. The van der Waals surface area contributed by atoms with Crippen molar-refractivity contribution in [3.63, 3.8) is 0 Å². The average Bonchev–Trinajstić information content (AvgIpc) is 3.89. The molecule has 0 spiro atoms. The number of benzene rings is 8. The van der Waals surface area contributed by atoms with Crippen molar-refractivity contribution >= 4 is 77.1 Å². The van der Waals surface area contributed by atoms with Crippen LogP contribution in [0.5, 0.6) is 0 Å². The van der Waals surface area contributed by atoms with Crippen molar-refractivity contribution in [1.82, 2.24) is 19.4 Å². The van der Waals surface area contributed by atoms with Gasteiger partial charge in [0.25, 0.3) is 0 Å². The van der Waals surface area contributed by atoms with Crippen LogP contribution in [-0.2, 0) is 0 Å². The largest absolute Gasteiger partial charge is 0.311 e. The SMILES string of the molecule is c1ccc(-c2cc(-c3ccc(N(c4ccc(-c5cnc6ccccc6c5)cc4)c4ccc(-c5ccc6c7cccc8c9ccccc9n(c6c5)c87)cc4)cc3)nc3cccnc23)cc1. The van der Waals surface area contributed by atoms with Crippen molar-refractivity contribution < 1.29 is 0 Å². The number of nitrogens with zero attached hydrogens (tertiary/aromatic N) is 5. The Kier molecular flexibility index (Phi) is 8.15. The highest BCUT2D eigenvalue weighted by Gasteiger charge is 2.19. The summed E-state index contributed by atoms with van der Waals surface area (Å²) in [5.41, 5.74) is 18.3. The molecule has 0 fully saturated rings. The zero-order valence-corrected chi connectivity index (χ0v) is 34.6. The number of anilines is 3. The first-order valence-corrected chi connectivity index (χ1v) is 21.7. The molecule has 5 heterocycles. The van der Waals surface area contributed by atoms with Crippen molar-refractivity contribution in [3.05, 3.63) is 225 Å². The minimum atomic E-state index is 0.870. The zero-order valence-electron chi connectivity index (χ0n) is 34.6. The molecule has 0 aliphatic rings. The lowest BCUT2D eigenvalue weighted by molar-refractivity contribution is 1.28. The number of hydrogen-bond acceptors (Lipinski definition) is 4. The molecule has 0 saturated heterocycles. The fraction of sp³-hybridized carbons (Fsp3) is 0. The predicted octanol–water partition coefficient (Wildman–Crippen LogP) is 15.5. The fourth-order valence-corrected chi connectivity index (χ4v) is 9.72. The Balaban J connectivity index is 0.899. The Bertz CT molecular complexity index is 3870. The highest BCUT2D eigenvalue weighted by molar-refractivity contribution is 6.23. The Morgan fingerprint density at radius 3 is 1.75 bits per heavy atom. The molecule has 0 aliphatic heterocycles. The monoisotopic (exact) mass is 815 g/mol. The molecule has 5 aromatic heterocycles. The normalized spacial score (nSPS) is 11.8. The Morgan fingerprint density at radius 2 is 0.984 bits per heavy atom. The topological polar surface area (TPSA) is 46.3 Å². The molecule has 13 aromatic rings. The van der Waals surface area contributed by atoms with Gasteiger partial charge >= 0.3 is 0 Å². The lowest BCUT2D eigenvalue weighted by Crippen LogP contribution is -2.09. The Morgan fingerprint density at radius 1 is 0.375 bits per heavy atom. The van der Waals surface area contributed by atoms with Crippen molar-refractivity contribution in [2.45, 2.75) is 0 Å². The fourth-order valence-electron chi connectivity index (χ4n) is 9.72. The quantitative estimate of drug-likeness (QED) is 0.161. The van der Waals surface area contributed by atoms with Crippen LogP contribution in [-0.4, -0.2) is 19.4 Å². The van der Waals surface area contributed by atoms with Gasteiger partial charge in [-0.3, -0.25) is 9.97 Å². The molecule has 5 heteroatoms. The second-order valence-electron chi connectivity index (χ2n) is 16.5. The third-order valence-electron chi connectivity index (χ3n) is 12.8. The summed E-state index contributed by atoms with van der Waals surface area (Å²) in [4.78, 5) is 16.9. The summed E-state index contributed by atoms with van der Waals surface area (Å²) in [5.74, 6) is 0. The maximum absolute atomic E-state index is 5.09. The van der Waals surface area contributed by atoms with Crippen LogP contribution in [0.3, 0.4) is 0 Å². The second kappa shape index (κ2) is 14.5. The summed E-state index contributed by atoms with van der Waals surface area (Å²) in [6.07, 6.45) is 3.80. The summed E-state index contributed by atoms with van der Waals surface area (Å²) in [6, 6.07) is 75.9. The molecule has 0 radical (unpaired) electrons. The Labute approximate surface area is 369 Å². The average molecular weight is 816 g/mol. The number of rotatable bonds is 7. The number of pyridine rings is 3. The summed E-state index contributed by atoms with van der Waals surface area (Å²) >= 11 is 0. The van der Waals surface area contributed by atoms with Gasteiger partial charge in [0.05, 0.1) is 38.8 Å². The molecule has 0 unspecified atom stereocenters. The van der Waals surface area contributed by atoms with E-state index in [1.54, 1.807) is 0 Å². The maximum Gasteiger partial charge on any atom is 0.0965 e.